The maximum absolute atomic E-state index is 5.42. The van der Waals surface area contributed by atoms with Gasteiger partial charge in [-0.1, -0.05) is 12.1 Å². The van der Waals surface area contributed by atoms with E-state index in [1.165, 1.54) is 23.4 Å². The fraction of sp³-hybridized carbons (Fsp3) is 0.381. The van der Waals surface area contributed by atoms with Crippen LogP contribution in [-0.4, -0.2) is 34.9 Å². The molecule has 2 aromatic heterocycles. The monoisotopic (exact) mass is 365 g/mol. The molecule has 0 unspecified atom stereocenters. The zero-order valence-electron chi connectivity index (χ0n) is 15.2. The molecule has 1 aliphatic carbocycles. The van der Waals surface area contributed by atoms with E-state index in [1.54, 1.807) is 18.4 Å². The van der Waals surface area contributed by atoms with Crippen LogP contribution in [0.3, 0.4) is 0 Å². The average Bonchev–Trinajstić information content (AvgIpc) is 3.40. The van der Waals surface area contributed by atoms with Crippen molar-refractivity contribution in [3.63, 3.8) is 0 Å². The Morgan fingerprint density at radius 3 is 3.00 bits per heavy atom. The van der Waals surface area contributed by atoms with Crippen LogP contribution in [0, 0.1) is 5.92 Å². The maximum atomic E-state index is 5.42. The van der Waals surface area contributed by atoms with E-state index in [0.29, 0.717) is 5.92 Å². The standard InChI is InChI=1S/C21H23N3OS/c1-23-19-9-16-11-24(10-14-6-7-26-13-14)12-18(16)20(19)21(22-23)15-4-3-5-17(8-15)25-2/h3-8,13,16,18H,9-12H2,1-2H3/t16-,18+/m0/s1. The number of aryl methyl sites for hydroxylation is 1. The van der Waals surface area contributed by atoms with Crippen LogP contribution in [0.15, 0.2) is 41.1 Å². The number of aromatic nitrogens is 2. The molecule has 0 saturated carbocycles. The Balaban J connectivity index is 1.47. The molecule has 1 aromatic carbocycles. The molecule has 134 valence electrons. The molecule has 2 atom stereocenters. The van der Waals surface area contributed by atoms with E-state index >= 15 is 0 Å². The highest BCUT2D eigenvalue weighted by Gasteiger charge is 2.43. The molecule has 5 heteroatoms. The molecule has 0 bridgehead atoms. The molecule has 1 aliphatic heterocycles. The van der Waals surface area contributed by atoms with Crippen molar-refractivity contribution in [1.29, 1.82) is 0 Å². The Morgan fingerprint density at radius 2 is 2.19 bits per heavy atom. The van der Waals surface area contributed by atoms with Crippen LogP contribution in [0.2, 0.25) is 0 Å². The van der Waals surface area contributed by atoms with Gasteiger partial charge in [0.25, 0.3) is 0 Å². The molecule has 0 amide bonds. The van der Waals surface area contributed by atoms with Crippen molar-refractivity contribution >= 4 is 11.3 Å². The zero-order valence-corrected chi connectivity index (χ0v) is 16.0. The fourth-order valence-electron chi connectivity index (χ4n) is 4.70. The minimum absolute atomic E-state index is 0.596. The average molecular weight is 366 g/mol. The Hall–Kier alpha value is -2.11. The zero-order chi connectivity index (χ0) is 17.7. The first-order chi connectivity index (χ1) is 12.7. The largest absolute Gasteiger partial charge is 0.497 e. The molecule has 1 saturated heterocycles. The maximum Gasteiger partial charge on any atom is 0.119 e. The third kappa shape index (κ3) is 2.58. The third-order valence-electron chi connectivity index (χ3n) is 5.88. The number of rotatable bonds is 4. The summed E-state index contributed by atoms with van der Waals surface area (Å²) in [5.41, 5.74) is 6.64. The molecular weight excluding hydrogens is 342 g/mol. The van der Waals surface area contributed by atoms with Crippen molar-refractivity contribution in [2.75, 3.05) is 20.2 Å². The molecule has 3 aromatic rings. The van der Waals surface area contributed by atoms with E-state index < -0.39 is 0 Å². The SMILES string of the molecule is COc1cccc(-c2nn(C)c3c2[C@@H]2CN(Cc4ccsc4)C[C@@H]2C3)c1. The smallest absolute Gasteiger partial charge is 0.119 e. The van der Waals surface area contributed by atoms with Crippen LogP contribution in [0.1, 0.15) is 22.7 Å². The summed E-state index contributed by atoms with van der Waals surface area (Å²) in [7, 11) is 3.81. The van der Waals surface area contributed by atoms with E-state index in [1.807, 2.05) is 6.07 Å². The van der Waals surface area contributed by atoms with Gasteiger partial charge in [0.05, 0.1) is 12.8 Å². The lowest BCUT2D eigenvalue weighted by molar-refractivity contribution is 0.313. The van der Waals surface area contributed by atoms with Crippen molar-refractivity contribution in [2.24, 2.45) is 13.0 Å². The second-order valence-corrected chi connectivity index (χ2v) is 8.24. The lowest BCUT2D eigenvalue weighted by atomic mass is 9.94. The van der Waals surface area contributed by atoms with Crippen molar-refractivity contribution in [3.05, 3.63) is 57.9 Å². The highest BCUT2D eigenvalue weighted by atomic mass is 32.1. The molecule has 26 heavy (non-hydrogen) atoms. The Morgan fingerprint density at radius 1 is 1.27 bits per heavy atom. The summed E-state index contributed by atoms with van der Waals surface area (Å²) >= 11 is 1.79. The summed E-state index contributed by atoms with van der Waals surface area (Å²) in [5, 5.41) is 9.33. The lowest BCUT2D eigenvalue weighted by Gasteiger charge is -2.16. The molecule has 1 fully saturated rings. The second-order valence-electron chi connectivity index (χ2n) is 7.46. The summed E-state index contributed by atoms with van der Waals surface area (Å²) in [6.45, 7) is 3.39. The van der Waals surface area contributed by atoms with E-state index in [9.17, 15) is 0 Å². The third-order valence-corrected chi connectivity index (χ3v) is 6.61. The van der Waals surface area contributed by atoms with Crippen LogP contribution in [-0.2, 0) is 20.0 Å². The number of ether oxygens (including phenoxy) is 1. The minimum atomic E-state index is 0.596. The highest BCUT2D eigenvalue weighted by molar-refractivity contribution is 7.07. The number of methoxy groups -OCH3 is 1. The van der Waals surface area contributed by atoms with E-state index in [4.69, 9.17) is 9.84 Å². The molecule has 5 rings (SSSR count). The molecule has 0 radical (unpaired) electrons. The second kappa shape index (κ2) is 6.25. The van der Waals surface area contributed by atoms with Crippen LogP contribution < -0.4 is 4.74 Å². The van der Waals surface area contributed by atoms with Gasteiger partial charge in [-0.3, -0.25) is 9.58 Å². The van der Waals surface area contributed by atoms with Gasteiger partial charge in [0.15, 0.2) is 0 Å². The number of nitrogens with zero attached hydrogens (tertiary/aromatic N) is 3. The quantitative estimate of drug-likeness (QED) is 0.702. The number of fused-ring (bicyclic) bond motifs is 3. The summed E-state index contributed by atoms with van der Waals surface area (Å²) in [6, 6.07) is 10.5. The Bertz CT molecular complexity index is 931. The number of hydrogen-bond donors (Lipinski definition) is 0. The van der Waals surface area contributed by atoms with Crippen molar-refractivity contribution in [3.8, 4) is 17.0 Å². The van der Waals surface area contributed by atoms with Gasteiger partial charge in [0, 0.05) is 49.4 Å². The fourth-order valence-corrected chi connectivity index (χ4v) is 5.36. The first-order valence-electron chi connectivity index (χ1n) is 9.16. The van der Waals surface area contributed by atoms with Crippen molar-refractivity contribution in [2.45, 2.75) is 18.9 Å². The Labute approximate surface area is 158 Å². The molecular formula is C21H23N3OS. The summed E-state index contributed by atoms with van der Waals surface area (Å²) in [5.74, 6) is 2.21. The normalized spacial score (nSPS) is 21.8. The van der Waals surface area contributed by atoms with Gasteiger partial charge in [-0.15, -0.1) is 0 Å². The first kappa shape index (κ1) is 16.1. The lowest BCUT2D eigenvalue weighted by Crippen LogP contribution is -2.21. The van der Waals surface area contributed by atoms with Crippen LogP contribution in [0.4, 0.5) is 0 Å². The van der Waals surface area contributed by atoms with Gasteiger partial charge in [0.1, 0.15) is 5.75 Å². The van der Waals surface area contributed by atoms with Crippen molar-refractivity contribution in [1.82, 2.24) is 14.7 Å². The summed E-state index contributed by atoms with van der Waals surface area (Å²) in [4.78, 5) is 2.61. The molecule has 0 spiro atoms. The topological polar surface area (TPSA) is 30.3 Å². The first-order valence-corrected chi connectivity index (χ1v) is 10.1. The molecule has 3 heterocycles. The van der Waals surface area contributed by atoms with Gasteiger partial charge in [-0.2, -0.15) is 16.4 Å². The number of thiophene rings is 1. The summed E-state index contributed by atoms with van der Waals surface area (Å²) in [6.07, 6.45) is 1.15. The summed E-state index contributed by atoms with van der Waals surface area (Å²) < 4.78 is 7.53. The number of hydrogen-bond acceptors (Lipinski definition) is 4. The van der Waals surface area contributed by atoms with Crippen LogP contribution in [0.25, 0.3) is 11.3 Å². The predicted octanol–water partition coefficient (Wildman–Crippen LogP) is 3.93. The van der Waals surface area contributed by atoms with Crippen LogP contribution in [0.5, 0.6) is 5.75 Å². The molecule has 0 N–H and O–H groups in total. The minimum Gasteiger partial charge on any atom is -0.497 e. The van der Waals surface area contributed by atoms with Gasteiger partial charge < -0.3 is 4.74 Å². The number of likely N-dealkylation sites (tertiary alicyclic amines) is 1. The van der Waals surface area contributed by atoms with Gasteiger partial charge in [-0.25, -0.2) is 0 Å². The Kier molecular flexibility index (Phi) is 3.87. The van der Waals surface area contributed by atoms with Gasteiger partial charge in [0.2, 0.25) is 0 Å². The van der Waals surface area contributed by atoms with E-state index in [-0.39, 0.29) is 0 Å². The molecule has 4 nitrogen and oxygen atoms in total. The van der Waals surface area contributed by atoms with Crippen molar-refractivity contribution < 1.29 is 4.74 Å². The highest BCUT2D eigenvalue weighted by Crippen LogP contribution is 2.47. The predicted molar refractivity (Wildman–Crippen MR) is 105 cm³/mol. The van der Waals surface area contributed by atoms with E-state index in [2.05, 4.69) is 51.7 Å². The van der Waals surface area contributed by atoms with Gasteiger partial charge in [-0.05, 0) is 46.9 Å². The van der Waals surface area contributed by atoms with Crippen LogP contribution >= 0.6 is 11.3 Å². The molecule has 2 aliphatic rings. The van der Waals surface area contributed by atoms with E-state index in [0.717, 1.165) is 42.4 Å². The number of benzene rings is 1. The van der Waals surface area contributed by atoms with Gasteiger partial charge >= 0.3 is 0 Å².